The summed E-state index contributed by atoms with van der Waals surface area (Å²) >= 11 is 0. The molecule has 0 heterocycles. The molecule has 0 atom stereocenters. The van der Waals surface area contributed by atoms with Crippen LogP contribution in [0.25, 0.3) is 0 Å². The maximum Gasteiger partial charge on any atom is 0.319 e. The van der Waals surface area contributed by atoms with E-state index >= 15 is 0 Å². The molecule has 1 aromatic rings. The lowest BCUT2D eigenvalue weighted by Gasteiger charge is -2.17. The minimum Gasteiger partial charge on any atom is -0.480 e. The van der Waals surface area contributed by atoms with E-state index in [2.05, 4.69) is 5.32 Å². The maximum atomic E-state index is 11.8. The fourth-order valence-corrected chi connectivity index (χ4v) is 2.35. The molecule has 20 heavy (non-hydrogen) atoms. The molecule has 0 aromatic heterocycles. The molecule has 0 saturated heterocycles. The van der Waals surface area contributed by atoms with Crippen LogP contribution in [0.2, 0.25) is 0 Å². The molecule has 0 fully saturated rings. The molecular weight excluding hydrogens is 282 g/mol. The number of benzene rings is 1. The van der Waals surface area contributed by atoms with E-state index in [0.717, 1.165) is 0 Å². The number of carbonyl (C=O) groups excluding carboxylic acids is 1. The monoisotopic (exact) mass is 299 g/mol. The lowest BCUT2D eigenvalue weighted by atomic mass is 9.95. The van der Waals surface area contributed by atoms with Gasteiger partial charge >= 0.3 is 5.97 Å². The van der Waals surface area contributed by atoms with E-state index in [-0.39, 0.29) is 10.8 Å². The summed E-state index contributed by atoms with van der Waals surface area (Å²) in [4.78, 5) is 22.1. The van der Waals surface area contributed by atoms with E-state index in [1.54, 1.807) is 20.8 Å². The van der Waals surface area contributed by atoms with Crippen molar-refractivity contribution in [2.24, 2.45) is 5.41 Å². The van der Waals surface area contributed by atoms with Gasteiger partial charge in [0.2, 0.25) is 5.91 Å². The van der Waals surface area contributed by atoms with Crippen molar-refractivity contribution in [2.45, 2.75) is 25.7 Å². The number of carboxylic acid groups (broad SMARTS) is 1. The predicted octanol–water partition coefficient (Wildman–Crippen LogP) is 1.53. The summed E-state index contributed by atoms with van der Waals surface area (Å²) in [7, 11) is -3.85. The zero-order chi connectivity index (χ0) is 15.6. The molecule has 2 N–H and O–H groups in total. The largest absolute Gasteiger partial charge is 0.480 e. The average molecular weight is 299 g/mol. The van der Waals surface area contributed by atoms with Crippen molar-refractivity contribution in [3.63, 3.8) is 0 Å². The molecule has 6 nitrogen and oxygen atoms in total. The van der Waals surface area contributed by atoms with Crippen LogP contribution in [0, 0.1) is 5.41 Å². The topological polar surface area (TPSA) is 101 Å². The van der Waals surface area contributed by atoms with E-state index in [0.29, 0.717) is 5.69 Å². The second-order valence-corrected chi connectivity index (χ2v) is 7.37. The predicted molar refractivity (Wildman–Crippen MR) is 74.2 cm³/mol. The van der Waals surface area contributed by atoms with Crippen molar-refractivity contribution in [1.29, 1.82) is 0 Å². The van der Waals surface area contributed by atoms with Gasteiger partial charge in [-0.25, -0.2) is 8.42 Å². The van der Waals surface area contributed by atoms with Crippen molar-refractivity contribution in [1.82, 2.24) is 0 Å². The van der Waals surface area contributed by atoms with Gasteiger partial charge in [-0.2, -0.15) is 0 Å². The van der Waals surface area contributed by atoms with Gasteiger partial charge < -0.3 is 10.4 Å². The van der Waals surface area contributed by atoms with Gasteiger partial charge in [0.25, 0.3) is 0 Å². The van der Waals surface area contributed by atoms with Crippen LogP contribution in [0.4, 0.5) is 5.69 Å². The van der Waals surface area contributed by atoms with Crippen LogP contribution in [0.1, 0.15) is 20.8 Å². The first-order valence-electron chi connectivity index (χ1n) is 5.88. The highest BCUT2D eigenvalue weighted by Crippen LogP contribution is 2.19. The first kappa shape index (κ1) is 16.2. The Morgan fingerprint density at radius 1 is 1.15 bits per heavy atom. The van der Waals surface area contributed by atoms with Crippen molar-refractivity contribution in [3.8, 4) is 0 Å². The molecular formula is C13H17NO5S. The number of hydrogen-bond donors (Lipinski definition) is 2. The quantitative estimate of drug-likeness (QED) is 0.878. The highest BCUT2D eigenvalue weighted by molar-refractivity contribution is 7.92. The molecule has 1 aromatic carbocycles. The zero-order valence-corrected chi connectivity index (χ0v) is 12.3. The SMILES string of the molecule is CC(C)(C)C(=O)Nc1ccc(S(=O)(=O)CC(=O)O)cc1. The molecule has 1 amide bonds. The van der Waals surface area contributed by atoms with E-state index in [1.807, 2.05) is 0 Å². The number of sulfone groups is 1. The summed E-state index contributed by atoms with van der Waals surface area (Å²) in [5.41, 5.74) is -0.104. The van der Waals surface area contributed by atoms with E-state index < -0.39 is 27.0 Å². The van der Waals surface area contributed by atoms with Gasteiger partial charge in [-0.15, -0.1) is 0 Å². The van der Waals surface area contributed by atoms with Crippen LogP contribution in [0.3, 0.4) is 0 Å². The lowest BCUT2D eigenvalue weighted by Crippen LogP contribution is -2.27. The number of amides is 1. The van der Waals surface area contributed by atoms with Crippen molar-refractivity contribution in [2.75, 3.05) is 11.1 Å². The molecule has 0 bridgehead atoms. The number of rotatable bonds is 4. The van der Waals surface area contributed by atoms with Crippen molar-refractivity contribution >= 4 is 27.4 Å². The second kappa shape index (κ2) is 5.62. The highest BCUT2D eigenvalue weighted by atomic mass is 32.2. The number of carbonyl (C=O) groups is 2. The third-order valence-electron chi connectivity index (χ3n) is 2.47. The summed E-state index contributed by atoms with van der Waals surface area (Å²) < 4.78 is 23.3. The molecule has 7 heteroatoms. The van der Waals surface area contributed by atoms with Gasteiger partial charge in [-0.1, -0.05) is 20.8 Å². The zero-order valence-electron chi connectivity index (χ0n) is 11.5. The Hall–Kier alpha value is -1.89. The smallest absolute Gasteiger partial charge is 0.319 e. The van der Waals surface area contributed by atoms with E-state index in [1.165, 1.54) is 24.3 Å². The first-order valence-corrected chi connectivity index (χ1v) is 7.54. The van der Waals surface area contributed by atoms with Crippen LogP contribution in [-0.2, 0) is 19.4 Å². The summed E-state index contributed by atoms with van der Waals surface area (Å²) in [5.74, 6) is -2.56. The fourth-order valence-electron chi connectivity index (χ4n) is 1.31. The Morgan fingerprint density at radius 3 is 2.05 bits per heavy atom. The van der Waals surface area contributed by atoms with Crippen LogP contribution in [-0.4, -0.2) is 31.2 Å². The van der Waals surface area contributed by atoms with Gasteiger partial charge in [-0.3, -0.25) is 9.59 Å². The van der Waals surface area contributed by atoms with Crippen LogP contribution >= 0.6 is 0 Å². The fraction of sp³-hybridized carbons (Fsp3) is 0.385. The molecule has 0 aliphatic rings. The Kier molecular flexibility index (Phi) is 4.54. The average Bonchev–Trinajstić information content (AvgIpc) is 2.26. The molecule has 0 saturated carbocycles. The number of anilines is 1. The van der Waals surface area contributed by atoms with Crippen molar-refractivity contribution in [3.05, 3.63) is 24.3 Å². The van der Waals surface area contributed by atoms with Crippen LogP contribution < -0.4 is 5.32 Å². The van der Waals surface area contributed by atoms with Gasteiger partial charge in [0.1, 0.15) is 0 Å². The number of aliphatic carboxylic acids is 1. The normalized spacial score (nSPS) is 11.9. The second-order valence-electron chi connectivity index (χ2n) is 5.38. The molecule has 0 aliphatic heterocycles. The van der Waals surface area contributed by atoms with E-state index in [9.17, 15) is 18.0 Å². The summed E-state index contributed by atoms with van der Waals surface area (Å²) in [6.45, 7) is 5.27. The lowest BCUT2D eigenvalue weighted by molar-refractivity contribution is -0.134. The van der Waals surface area contributed by atoms with Gasteiger partial charge in [0.15, 0.2) is 15.6 Å². The third kappa shape index (κ3) is 4.34. The minimum absolute atomic E-state index is 0.0892. The molecule has 0 aliphatic carbocycles. The minimum atomic E-state index is -3.85. The first-order chi connectivity index (χ1) is 9.02. The molecule has 1 rings (SSSR count). The number of nitrogens with one attached hydrogen (secondary N) is 1. The van der Waals surface area contributed by atoms with E-state index in [4.69, 9.17) is 5.11 Å². The molecule has 0 radical (unpaired) electrons. The van der Waals surface area contributed by atoms with Crippen LogP contribution in [0.15, 0.2) is 29.2 Å². The standard InChI is InChI=1S/C13H17NO5S/c1-13(2,3)12(17)14-9-4-6-10(7-5-9)20(18,19)8-11(15)16/h4-7H,8H2,1-3H3,(H,14,17)(H,15,16). The summed E-state index contributed by atoms with van der Waals surface area (Å²) in [6.07, 6.45) is 0. The third-order valence-corrected chi connectivity index (χ3v) is 4.08. The number of carboxylic acids is 1. The molecule has 0 spiro atoms. The van der Waals surface area contributed by atoms with Crippen molar-refractivity contribution < 1.29 is 23.1 Å². The Bertz CT molecular complexity index is 611. The summed E-state index contributed by atoms with van der Waals surface area (Å²) in [5, 5.41) is 11.2. The number of hydrogen-bond acceptors (Lipinski definition) is 4. The van der Waals surface area contributed by atoms with Gasteiger partial charge in [-0.05, 0) is 24.3 Å². The molecule has 0 unspecified atom stereocenters. The Morgan fingerprint density at radius 2 is 1.65 bits per heavy atom. The maximum absolute atomic E-state index is 11.8. The van der Waals surface area contributed by atoms with Crippen LogP contribution in [0.5, 0.6) is 0 Å². The summed E-state index contributed by atoms with van der Waals surface area (Å²) in [6, 6.07) is 5.41. The Balaban J connectivity index is 2.90. The molecule has 110 valence electrons. The Labute approximate surface area is 117 Å². The van der Waals surface area contributed by atoms with Gasteiger partial charge in [0.05, 0.1) is 4.90 Å². The van der Waals surface area contributed by atoms with Gasteiger partial charge in [0, 0.05) is 11.1 Å². The highest BCUT2D eigenvalue weighted by Gasteiger charge is 2.22.